The third kappa shape index (κ3) is 2.72. The lowest BCUT2D eigenvalue weighted by atomic mass is 10.1. The van der Waals surface area contributed by atoms with Gasteiger partial charge < -0.3 is 5.32 Å². The van der Waals surface area contributed by atoms with Gasteiger partial charge in [0, 0.05) is 4.70 Å². The molecule has 2 aromatic carbocycles. The monoisotopic (exact) mass is 393 g/mol. The zero-order chi connectivity index (χ0) is 18.4. The molecule has 0 saturated heterocycles. The van der Waals surface area contributed by atoms with Gasteiger partial charge in [-0.2, -0.15) is 5.10 Å². The van der Waals surface area contributed by atoms with Crippen LogP contribution < -0.4 is 5.32 Å². The van der Waals surface area contributed by atoms with Crippen molar-refractivity contribution >= 4 is 55.3 Å². The lowest BCUT2D eigenvalue weighted by molar-refractivity contribution is 0.103. The van der Waals surface area contributed by atoms with E-state index < -0.39 is 5.82 Å². The van der Waals surface area contributed by atoms with Crippen molar-refractivity contribution in [2.24, 2.45) is 0 Å². The molecular formula is C20H12FN3OS2. The second-order valence-corrected chi connectivity index (χ2v) is 8.03. The standard InChI is InChI=1S/C20H12FN3OS2/c21-18-13(22-20(25)15-6-3-9-26-15)8-7-12-17(18)19(24-23-12)16-10-11-4-1-2-5-14(11)27-16/h1-10H,(H,22,25)(H,23,24). The van der Waals surface area contributed by atoms with Gasteiger partial charge in [0.05, 0.1) is 26.3 Å². The molecule has 5 aromatic rings. The van der Waals surface area contributed by atoms with Gasteiger partial charge in [0.15, 0.2) is 5.82 Å². The summed E-state index contributed by atoms with van der Waals surface area (Å²) >= 11 is 2.87. The number of fused-ring (bicyclic) bond motifs is 2. The molecule has 0 saturated carbocycles. The molecule has 7 heteroatoms. The van der Waals surface area contributed by atoms with Gasteiger partial charge in [0.2, 0.25) is 0 Å². The fourth-order valence-electron chi connectivity index (χ4n) is 3.04. The van der Waals surface area contributed by atoms with Crippen LogP contribution in [0.15, 0.2) is 60.0 Å². The molecule has 3 aromatic heterocycles. The Kier molecular flexibility index (Phi) is 3.77. The number of aromatic amines is 1. The lowest BCUT2D eigenvalue weighted by Gasteiger charge is -2.06. The third-order valence-electron chi connectivity index (χ3n) is 4.32. The van der Waals surface area contributed by atoms with Crippen LogP contribution in [0.2, 0.25) is 0 Å². The van der Waals surface area contributed by atoms with Crippen LogP contribution in [-0.2, 0) is 0 Å². The maximum absolute atomic E-state index is 15.2. The quantitative estimate of drug-likeness (QED) is 0.401. The van der Waals surface area contributed by atoms with Crippen LogP contribution in [0, 0.1) is 5.82 Å². The van der Waals surface area contributed by atoms with E-state index in [-0.39, 0.29) is 11.6 Å². The number of carbonyl (C=O) groups is 1. The van der Waals surface area contributed by atoms with E-state index in [1.165, 1.54) is 11.3 Å². The fourth-order valence-corrected chi connectivity index (χ4v) is 4.72. The first-order valence-electron chi connectivity index (χ1n) is 8.21. The van der Waals surface area contributed by atoms with Gasteiger partial charge in [-0.25, -0.2) is 4.39 Å². The topological polar surface area (TPSA) is 57.8 Å². The van der Waals surface area contributed by atoms with Crippen LogP contribution in [0.5, 0.6) is 0 Å². The van der Waals surface area contributed by atoms with Crippen LogP contribution in [-0.4, -0.2) is 16.1 Å². The zero-order valence-electron chi connectivity index (χ0n) is 13.8. The maximum Gasteiger partial charge on any atom is 0.265 e. The molecule has 132 valence electrons. The molecule has 0 spiro atoms. The highest BCUT2D eigenvalue weighted by Crippen LogP contribution is 2.38. The van der Waals surface area contributed by atoms with Gasteiger partial charge in [-0.05, 0) is 41.1 Å². The summed E-state index contributed by atoms with van der Waals surface area (Å²) in [5, 5.41) is 13.2. The van der Waals surface area contributed by atoms with Crippen LogP contribution >= 0.6 is 22.7 Å². The van der Waals surface area contributed by atoms with Gasteiger partial charge in [-0.3, -0.25) is 9.89 Å². The SMILES string of the molecule is O=C(Nc1ccc2[nH]nc(-c3cc4ccccc4s3)c2c1F)c1cccs1. The summed E-state index contributed by atoms with van der Waals surface area (Å²) in [5.74, 6) is -0.811. The molecule has 3 heterocycles. The molecule has 0 aliphatic carbocycles. The van der Waals surface area contributed by atoms with E-state index in [0.717, 1.165) is 15.0 Å². The maximum atomic E-state index is 15.2. The van der Waals surface area contributed by atoms with Crippen molar-refractivity contribution in [2.75, 3.05) is 5.32 Å². The number of carbonyl (C=O) groups excluding carboxylic acids is 1. The Labute approximate surface area is 161 Å². The van der Waals surface area contributed by atoms with Crippen molar-refractivity contribution in [3.8, 4) is 10.6 Å². The zero-order valence-corrected chi connectivity index (χ0v) is 15.5. The van der Waals surface area contributed by atoms with E-state index in [1.54, 1.807) is 35.6 Å². The van der Waals surface area contributed by atoms with Crippen molar-refractivity contribution in [1.82, 2.24) is 10.2 Å². The predicted molar refractivity (Wildman–Crippen MR) is 109 cm³/mol. The summed E-state index contributed by atoms with van der Waals surface area (Å²) < 4.78 is 16.4. The largest absolute Gasteiger partial charge is 0.319 e. The Balaban J connectivity index is 1.61. The molecule has 0 bridgehead atoms. The molecule has 1 amide bonds. The molecule has 5 rings (SSSR count). The number of H-pyrrole nitrogens is 1. The average molecular weight is 393 g/mol. The number of nitrogens with one attached hydrogen (secondary N) is 2. The van der Waals surface area contributed by atoms with Crippen molar-refractivity contribution in [1.29, 1.82) is 0 Å². The van der Waals surface area contributed by atoms with E-state index in [4.69, 9.17) is 0 Å². The summed E-state index contributed by atoms with van der Waals surface area (Å²) in [6.45, 7) is 0. The summed E-state index contributed by atoms with van der Waals surface area (Å²) in [7, 11) is 0. The van der Waals surface area contributed by atoms with E-state index in [1.807, 2.05) is 35.7 Å². The summed E-state index contributed by atoms with van der Waals surface area (Å²) in [6.07, 6.45) is 0. The van der Waals surface area contributed by atoms with Crippen molar-refractivity contribution in [3.05, 3.63) is 70.7 Å². The number of halogens is 1. The van der Waals surface area contributed by atoms with Crippen LogP contribution in [0.4, 0.5) is 10.1 Å². The number of thiophene rings is 2. The molecule has 0 unspecified atom stereocenters. The minimum Gasteiger partial charge on any atom is -0.319 e. The molecule has 2 N–H and O–H groups in total. The fraction of sp³-hybridized carbons (Fsp3) is 0. The van der Waals surface area contributed by atoms with Crippen molar-refractivity contribution in [2.45, 2.75) is 0 Å². The summed E-state index contributed by atoms with van der Waals surface area (Å²) in [4.78, 5) is 13.7. The van der Waals surface area contributed by atoms with Gasteiger partial charge >= 0.3 is 0 Å². The molecule has 0 radical (unpaired) electrons. The first kappa shape index (κ1) is 16.2. The van der Waals surface area contributed by atoms with Gasteiger partial charge in [-0.1, -0.05) is 24.3 Å². The molecule has 0 aliphatic rings. The Morgan fingerprint density at radius 2 is 2.00 bits per heavy atom. The first-order chi connectivity index (χ1) is 13.2. The first-order valence-corrected chi connectivity index (χ1v) is 9.91. The van der Waals surface area contributed by atoms with Crippen LogP contribution in [0.25, 0.3) is 31.6 Å². The highest BCUT2D eigenvalue weighted by molar-refractivity contribution is 7.22. The van der Waals surface area contributed by atoms with Gasteiger partial charge in [0.25, 0.3) is 5.91 Å². The van der Waals surface area contributed by atoms with E-state index in [0.29, 0.717) is 21.5 Å². The Bertz CT molecular complexity index is 1250. The highest BCUT2D eigenvalue weighted by atomic mass is 32.1. The third-order valence-corrected chi connectivity index (χ3v) is 6.31. The van der Waals surface area contributed by atoms with E-state index >= 15 is 4.39 Å². The Morgan fingerprint density at radius 3 is 2.81 bits per heavy atom. The number of amides is 1. The van der Waals surface area contributed by atoms with Crippen LogP contribution in [0.3, 0.4) is 0 Å². The molecule has 4 nitrogen and oxygen atoms in total. The minimum absolute atomic E-state index is 0.143. The Hall–Kier alpha value is -3.03. The molecule has 0 atom stereocenters. The number of rotatable bonds is 3. The van der Waals surface area contributed by atoms with Crippen molar-refractivity contribution in [3.63, 3.8) is 0 Å². The molecular weight excluding hydrogens is 381 g/mol. The number of benzene rings is 2. The molecule has 27 heavy (non-hydrogen) atoms. The summed E-state index contributed by atoms with van der Waals surface area (Å²) in [5.41, 5.74) is 1.29. The Morgan fingerprint density at radius 1 is 1.11 bits per heavy atom. The summed E-state index contributed by atoms with van der Waals surface area (Å²) in [6, 6.07) is 16.8. The van der Waals surface area contributed by atoms with Crippen LogP contribution in [0.1, 0.15) is 9.67 Å². The minimum atomic E-state index is -0.487. The van der Waals surface area contributed by atoms with Gasteiger partial charge in [0.1, 0.15) is 5.69 Å². The number of hydrogen-bond acceptors (Lipinski definition) is 4. The number of hydrogen-bond donors (Lipinski definition) is 2. The number of anilines is 1. The van der Waals surface area contributed by atoms with Crippen molar-refractivity contribution < 1.29 is 9.18 Å². The van der Waals surface area contributed by atoms with E-state index in [2.05, 4.69) is 15.5 Å². The van der Waals surface area contributed by atoms with Gasteiger partial charge in [-0.15, -0.1) is 22.7 Å². The lowest BCUT2D eigenvalue weighted by Crippen LogP contribution is -2.11. The van der Waals surface area contributed by atoms with E-state index in [9.17, 15) is 4.79 Å². The molecule has 0 fully saturated rings. The average Bonchev–Trinajstić information content (AvgIpc) is 3.42. The second-order valence-electron chi connectivity index (χ2n) is 6.00. The number of nitrogens with zero attached hydrogens (tertiary/aromatic N) is 1. The normalized spacial score (nSPS) is 11.3. The second kappa shape index (κ2) is 6.29. The molecule has 0 aliphatic heterocycles. The smallest absolute Gasteiger partial charge is 0.265 e. The highest BCUT2D eigenvalue weighted by Gasteiger charge is 2.19. The predicted octanol–water partition coefficient (Wildman–Crippen LogP) is 5.90. The number of aromatic nitrogens is 2.